The van der Waals surface area contributed by atoms with Gasteiger partial charge in [0.05, 0.1) is 11.3 Å². The molecule has 2 amide bonds. The van der Waals surface area contributed by atoms with Crippen molar-refractivity contribution in [2.75, 3.05) is 11.9 Å². The Labute approximate surface area is 154 Å². The van der Waals surface area contributed by atoms with Gasteiger partial charge < -0.3 is 15.4 Å². The van der Waals surface area contributed by atoms with Crippen LogP contribution >= 0.6 is 0 Å². The Morgan fingerprint density at radius 2 is 1.85 bits per heavy atom. The van der Waals surface area contributed by atoms with Crippen LogP contribution in [-0.2, 0) is 4.79 Å². The summed E-state index contributed by atoms with van der Waals surface area (Å²) in [5.74, 6) is 0.111. The number of hydrogen-bond donors (Lipinski definition) is 2. The molecule has 0 saturated carbocycles. The third-order valence-corrected chi connectivity index (χ3v) is 3.86. The first-order chi connectivity index (χ1) is 12.6. The number of carbonyl (C=O) groups is 2. The van der Waals surface area contributed by atoms with Crippen LogP contribution in [0.3, 0.4) is 0 Å². The second-order valence-corrected chi connectivity index (χ2v) is 5.81. The van der Waals surface area contributed by atoms with Crippen LogP contribution < -0.4 is 15.4 Å². The van der Waals surface area contributed by atoms with E-state index in [9.17, 15) is 9.59 Å². The SMILES string of the molecule is C=CCNC(=O)c1ccccc1NC(=O)[C@H](CC)Oc1ccccc1C. The fourth-order valence-corrected chi connectivity index (χ4v) is 2.43. The summed E-state index contributed by atoms with van der Waals surface area (Å²) in [6.07, 6.45) is 1.45. The van der Waals surface area contributed by atoms with Gasteiger partial charge in [0.2, 0.25) is 0 Å². The number of ether oxygens (including phenoxy) is 1. The van der Waals surface area contributed by atoms with Crippen molar-refractivity contribution in [2.45, 2.75) is 26.4 Å². The molecule has 0 radical (unpaired) electrons. The second-order valence-electron chi connectivity index (χ2n) is 5.81. The molecule has 2 aromatic carbocycles. The molecule has 2 aromatic rings. The van der Waals surface area contributed by atoms with Gasteiger partial charge in [-0.3, -0.25) is 9.59 Å². The first-order valence-corrected chi connectivity index (χ1v) is 8.58. The van der Waals surface area contributed by atoms with Crippen LogP contribution in [0.2, 0.25) is 0 Å². The molecule has 2 N–H and O–H groups in total. The van der Waals surface area contributed by atoms with E-state index in [1.807, 2.05) is 38.1 Å². The van der Waals surface area contributed by atoms with Crippen molar-refractivity contribution in [1.82, 2.24) is 5.32 Å². The Kier molecular flexibility index (Phi) is 6.97. The van der Waals surface area contributed by atoms with E-state index < -0.39 is 6.10 Å². The van der Waals surface area contributed by atoms with Crippen molar-refractivity contribution in [3.63, 3.8) is 0 Å². The Morgan fingerprint density at radius 3 is 2.54 bits per heavy atom. The van der Waals surface area contributed by atoms with Crippen LogP contribution in [0.15, 0.2) is 61.2 Å². The first-order valence-electron chi connectivity index (χ1n) is 8.58. The van der Waals surface area contributed by atoms with E-state index >= 15 is 0 Å². The van der Waals surface area contributed by atoms with Gasteiger partial charge in [-0.1, -0.05) is 43.3 Å². The topological polar surface area (TPSA) is 67.4 Å². The number of carbonyl (C=O) groups excluding carboxylic acids is 2. The van der Waals surface area contributed by atoms with E-state index in [0.717, 1.165) is 5.56 Å². The molecule has 0 aliphatic heterocycles. The van der Waals surface area contributed by atoms with Crippen molar-refractivity contribution < 1.29 is 14.3 Å². The zero-order valence-electron chi connectivity index (χ0n) is 15.1. The lowest BCUT2D eigenvalue weighted by Crippen LogP contribution is -2.33. The number of benzene rings is 2. The lowest BCUT2D eigenvalue weighted by atomic mass is 10.1. The van der Waals surface area contributed by atoms with Gasteiger partial charge in [-0.25, -0.2) is 0 Å². The second kappa shape index (κ2) is 9.42. The Bertz CT molecular complexity index is 786. The summed E-state index contributed by atoms with van der Waals surface area (Å²) in [6, 6.07) is 14.4. The molecule has 1 atom stereocenters. The number of anilines is 1. The number of para-hydroxylation sites is 2. The molecule has 0 saturated heterocycles. The van der Waals surface area contributed by atoms with Crippen molar-refractivity contribution in [3.05, 3.63) is 72.3 Å². The van der Waals surface area contributed by atoms with E-state index in [1.165, 1.54) is 0 Å². The molecule has 0 fully saturated rings. The fourth-order valence-electron chi connectivity index (χ4n) is 2.43. The van der Waals surface area contributed by atoms with E-state index in [-0.39, 0.29) is 11.8 Å². The molecule has 5 nitrogen and oxygen atoms in total. The Balaban J connectivity index is 2.14. The van der Waals surface area contributed by atoms with Gasteiger partial charge in [0.25, 0.3) is 11.8 Å². The van der Waals surface area contributed by atoms with Gasteiger partial charge in [-0.2, -0.15) is 0 Å². The number of hydrogen-bond acceptors (Lipinski definition) is 3. The van der Waals surface area contributed by atoms with Gasteiger partial charge in [0.1, 0.15) is 5.75 Å². The maximum atomic E-state index is 12.7. The lowest BCUT2D eigenvalue weighted by molar-refractivity contribution is -0.122. The highest BCUT2D eigenvalue weighted by Gasteiger charge is 2.21. The highest BCUT2D eigenvalue weighted by atomic mass is 16.5. The molecule has 0 heterocycles. The highest BCUT2D eigenvalue weighted by Crippen LogP contribution is 2.20. The molecule has 0 unspecified atom stereocenters. The molecule has 5 heteroatoms. The quantitative estimate of drug-likeness (QED) is 0.712. The molecular weight excluding hydrogens is 328 g/mol. The smallest absolute Gasteiger partial charge is 0.265 e. The molecule has 0 aliphatic rings. The molecule has 0 aromatic heterocycles. The monoisotopic (exact) mass is 352 g/mol. The maximum absolute atomic E-state index is 12.7. The predicted octanol–water partition coefficient (Wildman–Crippen LogP) is 3.71. The predicted molar refractivity (Wildman–Crippen MR) is 103 cm³/mol. The van der Waals surface area contributed by atoms with E-state index in [4.69, 9.17) is 4.74 Å². The minimum absolute atomic E-state index is 0.270. The van der Waals surface area contributed by atoms with Crippen molar-refractivity contribution in [1.29, 1.82) is 0 Å². The summed E-state index contributed by atoms with van der Waals surface area (Å²) >= 11 is 0. The van der Waals surface area contributed by atoms with Crippen molar-refractivity contribution in [2.24, 2.45) is 0 Å². The molecule has 2 rings (SSSR count). The fraction of sp³-hybridized carbons (Fsp3) is 0.238. The summed E-state index contributed by atoms with van der Waals surface area (Å²) < 4.78 is 5.87. The van der Waals surface area contributed by atoms with Crippen LogP contribution in [0, 0.1) is 6.92 Å². The van der Waals surface area contributed by atoms with Gasteiger partial charge in [0, 0.05) is 6.54 Å². The average Bonchev–Trinajstić information content (AvgIpc) is 2.65. The highest BCUT2D eigenvalue weighted by molar-refractivity contribution is 6.04. The van der Waals surface area contributed by atoms with Crippen LogP contribution in [0.1, 0.15) is 29.3 Å². The zero-order valence-corrected chi connectivity index (χ0v) is 15.1. The minimum atomic E-state index is -0.652. The van der Waals surface area contributed by atoms with Crippen LogP contribution in [0.4, 0.5) is 5.69 Å². The standard InChI is InChI=1S/C21H24N2O3/c1-4-14-22-20(24)16-11-7-8-12-17(16)23-21(25)18(5-2)26-19-13-9-6-10-15(19)3/h4,6-13,18H,1,5,14H2,2-3H3,(H,22,24)(H,23,25)/t18-/m0/s1. The number of rotatable bonds is 8. The summed E-state index contributed by atoms with van der Waals surface area (Å²) in [4.78, 5) is 24.9. The third-order valence-electron chi connectivity index (χ3n) is 3.86. The van der Waals surface area contributed by atoms with E-state index in [2.05, 4.69) is 17.2 Å². The number of amides is 2. The van der Waals surface area contributed by atoms with Crippen LogP contribution in [0.25, 0.3) is 0 Å². The van der Waals surface area contributed by atoms with E-state index in [1.54, 1.807) is 30.3 Å². The average molecular weight is 352 g/mol. The molecular formula is C21H24N2O3. The van der Waals surface area contributed by atoms with Gasteiger partial charge in [-0.15, -0.1) is 6.58 Å². The van der Waals surface area contributed by atoms with Crippen LogP contribution in [0.5, 0.6) is 5.75 Å². The zero-order chi connectivity index (χ0) is 18.9. The molecule has 136 valence electrons. The number of aryl methyl sites for hydroxylation is 1. The number of nitrogens with one attached hydrogen (secondary N) is 2. The Hall–Kier alpha value is -3.08. The normalized spacial score (nSPS) is 11.3. The molecule has 0 bridgehead atoms. The van der Waals surface area contributed by atoms with Crippen molar-refractivity contribution in [3.8, 4) is 5.75 Å². The summed E-state index contributed by atoms with van der Waals surface area (Å²) in [5, 5.41) is 5.52. The van der Waals surface area contributed by atoms with Crippen molar-refractivity contribution >= 4 is 17.5 Å². The summed E-state index contributed by atoms with van der Waals surface area (Å²) in [5.41, 5.74) is 1.81. The minimum Gasteiger partial charge on any atom is -0.480 e. The maximum Gasteiger partial charge on any atom is 0.265 e. The van der Waals surface area contributed by atoms with Gasteiger partial charge >= 0.3 is 0 Å². The lowest BCUT2D eigenvalue weighted by Gasteiger charge is -2.19. The summed E-state index contributed by atoms with van der Waals surface area (Å²) in [7, 11) is 0. The third kappa shape index (κ3) is 4.96. The Morgan fingerprint density at radius 1 is 1.15 bits per heavy atom. The van der Waals surface area contributed by atoms with Crippen LogP contribution in [-0.4, -0.2) is 24.5 Å². The van der Waals surface area contributed by atoms with Gasteiger partial charge in [-0.05, 0) is 37.1 Å². The molecule has 0 spiro atoms. The molecule has 0 aliphatic carbocycles. The van der Waals surface area contributed by atoms with Gasteiger partial charge in [0.15, 0.2) is 6.10 Å². The first kappa shape index (κ1) is 19.2. The largest absolute Gasteiger partial charge is 0.480 e. The molecule has 26 heavy (non-hydrogen) atoms. The summed E-state index contributed by atoms with van der Waals surface area (Å²) in [6.45, 7) is 7.74. The van der Waals surface area contributed by atoms with E-state index in [0.29, 0.717) is 30.0 Å².